The van der Waals surface area contributed by atoms with Crippen molar-refractivity contribution in [2.45, 2.75) is 6.92 Å². The van der Waals surface area contributed by atoms with Gasteiger partial charge in [-0.3, -0.25) is 4.68 Å². The summed E-state index contributed by atoms with van der Waals surface area (Å²) in [6, 6.07) is 7.42. The Labute approximate surface area is 99.8 Å². The van der Waals surface area contributed by atoms with Crippen molar-refractivity contribution < 1.29 is 9.47 Å². The van der Waals surface area contributed by atoms with Crippen molar-refractivity contribution in [3.63, 3.8) is 0 Å². The Morgan fingerprint density at radius 2 is 2.00 bits per heavy atom. The fraction of sp³-hybridized carbons (Fsp3) is 0.250. The quantitative estimate of drug-likeness (QED) is 0.879. The maximum absolute atomic E-state index is 5.76. The van der Waals surface area contributed by atoms with Gasteiger partial charge in [0.05, 0.1) is 12.8 Å². The fourth-order valence-corrected chi connectivity index (χ4v) is 1.48. The number of benzene rings is 1. The number of anilines is 1. The van der Waals surface area contributed by atoms with E-state index >= 15 is 0 Å². The van der Waals surface area contributed by atoms with E-state index in [4.69, 9.17) is 15.2 Å². The molecule has 0 radical (unpaired) electrons. The van der Waals surface area contributed by atoms with E-state index < -0.39 is 0 Å². The molecular formula is C12H15N3O2. The topological polar surface area (TPSA) is 62.3 Å². The van der Waals surface area contributed by atoms with E-state index in [1.165, 1.54) is 0 Å². The Bertz CT molecular complexity index is 508. The molecule has 0 aliphatic rings. The smallest absolute Gasteiger partial charge is 0.261 e. The average Bonchev–Trinajstić information content (AvgIpc) is 2.61. The highest BCUT2D eigenvalue weighted by Gasteiger charge is 2.10. The lowest BCUT2D eigenvalue weighted by Crippen LogP contribution is -1.96. The summed E-state index contributed by atoms with van der Waals surface area (Å²) in [7, 11) is 1.79. The zero-order valence-corrected chi connectivity index (χ0v) is 9.88. The summed E-state index contributed by atoms with van der Waals surface area (Å²) in [5, 5.41) is 4.12. The third-order valence-corrected chi connectivity index (χ3v) is 2.18. The van der Waals surface area contributed by atoms with Crippen molar-refractivity contribution in [2.24, 2.45) is 7.05 Å². The molecule has 1 heterocycles. The number of ether oxygens (including phenoxy) is 2. The van der Waals surface area contributed by atoms with Gasteiger partial charge in [-0.25, -0.2) is 0 Å². The van der Waals surface area contributed by atoms with Crippen LogP contribution in [0.3, 0.4) is 0 Å². The first-order valence-electron chi connectivity index (χ1n) is 5.39. The highest BCUT2D eigenvalue weighted by molar-refractivity contribution is 5.50. The average molecular weight is 233 g/mol. The molecule has 0 bridgehead atoms. The molecule has 0 unspecified atom stereocenters. The van der Waals surface area contributed by atoms with Crippen LogP contribution in [0.1, 0.15) is 6.92 Å². The molecule has 0 amide bonds. The standard InChI is InChI=1S/C12H15N3O2/c1-3-16-10-6-4-5-7-11(10)17-12-9(13)8-15(2)14-12/h4-8H,3,13H2,1-2H3. The van der Waals surface area contributed by atoms with Crippen molar-refractivity contribution in [3.8, 4) is 17.4 Å². The summed E-state index contributed by atoms with van der Waals surface area (Å²) in [5.41, 5.74) is 6.26. The second-order valence-corrected chi connectivity index (χ2v) is 3.55. The summed E-state index contributed by atoms with van der Waals surface area (Å²) >= 11 is 0. The van der Waals surface area contributed by atoms with Crippen LogP contribution >= 0.6 is 0 Å². The molecule has 5 heteroatoms. The van der Waals surface area contributed by atoms with Gasteiger partial charge >= 0.3 is 0 Å². The number of hydrogen-bond acceptors (Lipinski definition) is 4. The minimum Gasteiger partial charge on any atom is -0.490 e. The molecule has 0 spiro atoms. The van der Waals surface area contributed by atoms with Gasteiger partial charge in [0.15, 0.2) is 11.5 Å². The van der Waals surface area contributed by atoms with Crippen LogP contribution in [-0.4, -0.2) is 16.4 Å². The predicted molar refractivity (Wildman–Crippen MR) is 65.3 cm³/mol. The van der Waals surface area contributed by atoms with Crippen molar-refractivity contribution in [1.82, 2.24) is 9.78 Å². The monoisotopic (exact) mass is 233 g/mol. The van der Waals surface area contributed by atoms with E-state index in [2.05, 4.69) is 5.10 Å². The second-order valence-electron chi connectivity index (χ2n) is 3.55. The van der Waals surface area contributed by atoms with Crippen molar-refractivity contribution in [1.29, 1.82) is 0 Å². The van der Waals surface area contributed by atoms with Crippen LogP contribution in [0.4, 0.5) is 5.69 Å². The molecule has 0 saturated heterocycles. The molecule has 0 aliphatic heterocycles. The van der Waals surface area contributed by atoms with E-state index in [1.54, 1.807) is 17.9 Å². The second kappa shape index (κ2) is 4.78. The van der Waals surface area contributed by atoms with Gasteiger partial charge in [0, 0.05) is 7.05 Å². The lowest BCUT2D eigenvalue weighted by atomic mass is 10.3. The number of aryl methyl sites for hydroxylation is 1. The SMILES string of the molecule is CCOc1ccccc1Oc1nn(C)cc1N. The van der Waals surface area contributed by atoms with Gasteiger partial charge in [-0.15, -0.1) is 5.10 Å². The van der Waals surface area contributed by atoms with E-state index in [9.17, 15) is 0 Å². The Morgan fingerprint density at radius 3 is 2.59 bits per heavy atom. The van der Waals surface area contributed by atoms with Crippen LogP contribution in [0.2, 0.25) is 0 Å². The molecule has 0 fully saturated rings. The van der Waals surface area contributed by atoms with E-state index in [0.29, 0.717) is 29.7 Å². The van der Waals surface area contributed by atoms with Gasteiger partial charge in [-0.05, 0) is 19.1 Å². The first-order valence-corrected chi connectivity index (χ1v) is 5.39. The molecule has 0 atom stereocenters. The van der Waals surface area contributed by atoms with Gasteiger partial charge in [0.1, 0.15) is 5.69 Å². The summed E-state index contributed by atoms with van der Waals surface area (Å²) in [4.78, 5) is 0. The normalized spacial score (nSPS) is 10.2. The maximum atomic E-state index is 5.76. The molecule has 90 valence electrons. The lowest BCUT2D eigenvalue weighted by molar-refractivity contribution is 0.319. The van der Waals surface area contributed by atoms with Crippen LogP contribution in [0.5, 0.6) is 17.4 Å². The van der Waals surface area contributed by atoms with Crippen molar-refractivity contribution in [2.75, 3.05) is 12.3 Å². The molecule has 2 rings (SSSR count). The molecule has 1 aromatic heterocycles. The number of nitrogen functional groups attached to an aromatic ring is 1. The molecule has 2 N–H and O–H groups in total. The summed E-state index contributed by atoms with van der Waals surface area (Å²) in [5.74, 6) is 1.68. The molecule has 5 nitrogen and oxygen atoms in total. The van der Waals surface area contributed by atoms with Crippen LogP contribution in [0, 0.1) is 0 Å². The summed E-state index contributed by atoms with van der Waals surface area (Å²) in [6.45, 7) is 2.50. The molecule has 17 heavy (non-hydrogen) atoms. The Morgan fingerprint density at radius 1 is 1.29 bits per heavy atom. The molecular weight excluding hydrogens is 218 g/mol. The highest BCUT2D eigenvalue weighted by Crippen LogP contribution is 2.32. The fourth-order valence-electron chi connectivity index (χ4n) is 1.48. The minimum atomic E-state index is 0.389. The third-order valence-electron chi connectivity index (χ3n) is 2.18. The Kier molecular flexibility index (Phi) is 3.18. The van der Waals surface area contributed by atoms with E-state index in [-0.39, 0.29) is 0 Å². The Hall–Kier alpha value is -2.17. The predicted octanol–water partition coefficient (Wildman–Crippen LogP) is 2.19. The van der Waals surface area contributed by atoms with Crippen molar-refractivity contribution >= 4 is 5.69 Å². The summed E-state index contributed by atoms with van der Waals surface area (Å²) in [6.07, 6.45) is 1.69. The highest BCUT2D eigenvalue weighted by atomic mass is 16.5. The molecule has 0 aliphatic carbocycles. The first kappa shape index (κ1) is 11.3. The van der Waals surface area contributed by atoms with Crippen LogP contribution in [0.15, 0.2) is 30.5 Å². The number of rotatable bonds is 4. The maximum Gasteiger partial charge on any atom is 0.261 e. The lowest BCUT2D eigenvalue weighted by Gasteiger charge is -2.09. The first-order chi connectivity index (χ1) is 8.20. The number of nitrogens with zero attached hydrogens (tertiary/aromatic N) is 2. The zero-order valence-electron chi connectivity index (χ0n) is 9.88. The van der Waals surface area contributed by atoms with Crippen molar-refractivity contribution in [3.05, 3.63) is 30.5 Å². The molecule has 2 aromatic rings. The van der Waals surface area contributed by atoms with Crippen LogP contribution in [-0.2, 0) is 7.05 Å². The Balaban J connectivity index is 2.26. The van der Waals surface area contributed by atoms with Gasteiger partial charge in [-0.2, -0.15) is 0 Å². The number of nitrogens with two attached hydrogens (primary N) is 1. The van der Waals surface area contributed by atoms with Crippen LogP contribution < -0.4 is 15.2 Å². The largest absolute Gasteiger partial charge is 0.490 e. The van der Waals surface area contributed by atoms with E-state index in [0.717, 1.165) is 0 Å². The van der Waals surface area contributed by atoms with Crippen LogP contribution in [0.25, 0.3) is 0 Å². The number of para-hydroxylation sites is 2. The number of hydrogen-bond donors (Lipinski definition) is 1. The molecule has 0 saturated carbocycles. The van der Waals surface area contributed by atoms with Gasteiger partial charge in [-0.1, -0.05) is 12.1 Å². The zero-order chi connectivity index (χ0) is 12.3. The third kappa shape index (κ3) is 2.50. The van der Waals surface area contributed by atoms with E-state index in [1.807, 2.05) is 31.2 Å². The molecule has 1 aromatic carbocycles. The van der Waals surface area contributed by atoms with Gasteiger partial charge in [0.2, 0.25) is 0 Å². The minimum absolute atomic E-state index is 0.389. The number of aromatic nitrogens is 2. The summed E-state index contributed by atoms with van der Waals surface area (Å²) < 4.78 is 12.7. The van der Waals surface area contributed by atoms with Gasteiger partial charge in [0.25, 0.3) is 5.88 Å². The van der Waals surface area contributed by atoms with Gasteiger partial charge < -0.3 is 15.2 Å².